The van der Waals surface area contributed by atoms with Crippen LogP contribution in [0.3, 0.4) is 0 Å². The molecule has 0 unspecified atom stereocenters. The number of anilines is 1. The first-order valence-corrected chi connectivity index (χ1v) is 10.6. The summed E-state index contributed by atoms with van der Waals surface area (Å²) in [6.07, 6.45) is 3.51. The molecule has 5 rings (SSSR count). The number of carbonyl (C=O) groups excluding carboxylic acids is 1. The van der Waals surface area contributed by atoms with Crippen LogP contribution in [-0.2, 0) is 18.3 Å². The number of aromatic nitrogens is 5. The summed E-state index contributed by atoms with van der Waals surface area (Å²) in [5.74, 6) is -0.270. The number of hydrogen-bond donors (Lipinski definition) is 1. The molecular weight excluding hydrogens is 406 g/mol. The monoisotopic (exact) mass is 431 g/mol. The fourth-order valence-electron chi connectivity index (χ4n) is 3.92. The summed E-state index contributed by atoms with van der Waals surface area (Å²) in [5.41, 5.74) is 5.61. The Kier molecular flexibility index (Phi) is 5.42. The van der Waals surface area contributed by atoms with Crippen LogP contribution in [0, 0.1) is 6.92 Å². The van der Waals surface area contributed by atoms with Gasteiger partial charge in [0.15, 0.2) is 11.3 Å². The maximum atomic E-state index is 12.9. The summed E-state index contributed by atoms with van der Waals surface area (Å²) in [7, 11) is 1.90. The van der Waals surface area contributed by atoms with Gasteiger partial charge in [0.1, 0.15) is 0 Å². The molecule has 1 aliphatic heterocycles. The minimum absolute atomic E-state index is 0.270. The van der Waals surface area contributed by atoms with Crippen LogP contribution in [0.1, 0.15) is 21.7 Å². The van der Waals surface area contributed by atoms with Crippen LogP contribution >= 0.6 is 0 Å². The van der Waals surface area contributed by atoms with E-state index >= 15 is 0 Å². The molecule has 164 valence electrons. The largest absolute Gasteiger partial charge is 0.379 e. The first-order valence-electron chi connectivity index (χ1n) is 10.6. The molecule has 1 fully saturated rings. The predicted octanol–water partition coefficient (Wildman–Crippen LogP) is 2.52. The van der Waals surface area contributed by atoms with E-state index in [2.05, 4.69) is 31.5 Å². The van der Waals surface area contributed by atoms with Crippen LogP contribution in [0.5, 0.6) is 0 Å². The van der Waals surface area contributed by atoms with Crippen LogP contribution in [-0.4, -0.2) is 61.5 Å². The number of amides is 1. The number of morpholine rings is 1. The van der Waals surface area contributed by atoms with E-state index in [1.807, 2.05) is 42.9 Å². The van der Waals surface area contributed by atoms with Gasteiger partial charge in [-0.3, -0.25) is 14.4 Å². The number of fused-ring (bicyclic) bond motifs is 1. The molecular formula is C23H25N7O2. The third kappa shape index (κ3) is 4.00. The van der Waals surface area contributed by atoms with Gasteiger partial charge in [-0.25, -0.2) is 9.50 Å². The third-order valence-electron chi connectivity index (χ3n) is 5.80. The molecule has 0 radical (unpaired) electrons. The zero-order valence-corrected chi connectivity index (χ0v) is 18.2. The number of nitrogens with zero attached hydrogens (tertiary/aromatic N) is 6. The van der Waals surface area contributed by atoms with Crippen molar-refractivity contribution in [3.05, 3.63) is 65.7 Å². The fourth-order valence-corrected chi connectivity index (χ4v) is 3.92. The fraction of sp³-hybridized carbons (Fsp3) is 0.304. The molecule has 0 bridgehead atoms. The summed E-state index contributed by atoms with van der Waals surface area (Å²) >= 11 is 0. The summed E-state index contributed by atoms with van der Waals surface area (Å²) < 4.78 is 8.91. The number of nitrogens with one attached hydrogen (secondary N) is 1. The molecule has 0 aliphatic carbocycles. The number of rotatable bonds is 5. The lowest BCUT2D eigenvalue weighted by Gasteiger charge is -2.26. The Morgan fingerprint density at radius 3 is 2.81 bits per heavy atom. The lowest BCUT2D eigenvalue weighted by atomic mass is 10.1. The summed E-state index contributed by atoms with van der Waals surface area (Å²) in [5, 5.41) is 11.8. The van der Waals surface area contributed by atoms with E-state index in [0.717, 1.165) is 61.1 Å². The Balaban J connectivity index is 1.37. The molecule has 0 atom stereocenters. The topological polar surface area (TPSA) is 89.6 Å². The highest BCUT2D eigenvalue weighted by molar-refractivity contribution is 6.03. The van der Waals surface area contributed by atoms with Crippen molar-refractivity contribution in [1.82, 2.24) is 29.3 Å². The average Bonchev–Trinajstić information content (AvgIpc) is 3.38. The molecule has 0 spiro atoms. The predicted molar refractivity (Wildman–Crippen MR) is 120 cm³/mol. The van der Waals surface area contributed by atoms with Crippen molar-refractivity contribution in [1.29, 1.82) is 0 Å². The molecule has 4 heterocycles. The third-order valence-corrected chi connectivity index (χ3v) is 5.80. The van der Waals surface area contributed by atoms with Crippen LogP contribution < -0.4 is 5.32 Å². The van der Waals surface area contributed by atoms with Crippen LogP contribution in [0.15, 0.2) is 48.8 Å². The van der Waals surface area contributed by atoms with Crippen LogP contribution in [0.2, 0.25) is 0 Å². The van der Waals surface area contributed by atoms with Gasteiger partial charge in [0.25, 0.3) is 5.91 Å². The van der Waals surface area contributed by atoms with Crippen LogP contribution in [0.25, 0.3) is 16.9 Å². The van der Waals surface area contributed by atoms with Gasteiger partial charge in [-0.05, 0) is 30.7 Å². The smallest absolute Gasteiger partial charge is 0.276 e. The Labute approximate surface area is 185 Å². The van der Waals surface area contributed by atoms with E-state index < -0.39 is 0 Å². The molecule has 9 nitrogen and oxygen atoms in total. The second-order valence-electron chi connectivity index (χ2n) is 7.94. The van der Waals surface area contributed by atoms with E-state index in [1.54, 1.807) is 23.0 Å². The van der Waals surface area contributed by atoms with Crippen molar-refractivity contribution in [2.45, 2.75) is 13.5 Å². The van der Waals surface area contributed by atoms with E-state index in [-0.39, 0.29) is 5.91 Å². The van der Waals surface area contributed by atoms with Crippen molar-refractivity contribution in [3.8, 4) is 11.3 Å². The standard InChI is InChI=1S/C23H25N7O2/c1-16-19(14-25-28(16)2)21-6-7-24-22-13-20(27-30(21)22)23(31)26-18-5-3-4-17(12-18)15-29-8-10-32-11-9-29/h3-7,12-14H,8-11,15H2,1-2H3,(H,26,31). The first kappa shape index (κ1) is 20.3. The lowest BCUT2D eigenvalue weighted by molar-refractivity contribution is 0.0342. The van der Waals surface area contributed by atoms with Gasteiger partial charge in [0, 0.05) is 55.9 Å². The molecule has 1 aliphatic rings. The minimum Gasteiger partial charge on any atom is -0.379 e. The minimum atomic E-state index is -0.270. The van der Waals surface area contributed by atoms with E-state index in [4.69, 9.17) is 4.74 Å². The molecule has 3 aromatic heterocycles. The Morgan fingerprint density at radius 1 is 1.19 bits per heavy atom. The van der Waals surface area contributed by atoms with Crippen molar-refractivity contribution in [2.24, 2.45) is 7.05 Å². The van der Waals surface area contributed by atoms with E-state index in [1.165, 1.54) is 0 Å². The van der Waals surface area contributed by atoms with Gasteiger partial charge in [-0.15, -0.1) is 0 Å². The first-order chi connectivity index (χ1) is 15.6. The molecule has 32 heavy (non-hydrogen) atoms. The van der Waals surface area contributed by atoms with Crippen LogP contribution in [0.4, 0.5) is 5.69 Å². The average molecular weight is 432 g/mol. The van der Waals surface area contributed by atoms with Crippen molar-refractivity contribution < 1.29 is 9.53 Å². The highest BCUT2D eigenvalue weighted by Crippen LogP contribution is 2.23. The maximum Gasteiger partial charge on any atom is 0.276 e. The molecule has 0 saturated carbocycles. The second kappa shape index (κ2) is 8.52. The van der Waals surface area contributed by atoms with Crippen molar-refractivity contribution in [3.63, 3.8) is 0 Å². The number of benzene rings is 1. The molecule has 4 aromatic rings. The normalized spacial score (nSPS) is 14.7. The van der Waals surface area contributed by atoms with Crippen molar-refractivity contribution in [2.75, 3.05) is 31.6 Å². The van der Waals surface area contributed by atoms with Gasteiger partial charge < -0.3 is 10.1 Å². The quantitative estimate of drug-likeness (QED) is 0.522. The molecule has 1 saturated heterocycles. The van der Waals surface area contributed by atoms with E-state index in [0.29, 0.717) is 11.3 Å². The summed E-state index contributed by atoms with van der Waals surface area (Å²) in [4.78, 5) is 19.7. The highest BCUT2D eigenvalue weighted by Gasteiger charge is 2.17. The molecule has 1 N–H and O–H groups in total. The zero-order valence-electron chi connectivity index (χ0n) is 18.2. The van der Waals surface area contributed by atoms with Crippen molar-refractivity contribution >= 4 is 17.2 Å². The number of ether oxygens (including phenoxy) is 1. The number of aryl methyl sites for hydroxylation is 1. The van der Waals surface area contributed by atoms with Gasteiger partial charge in [-0.2, -0.15) is 10.2 Å². The highest BCUT2D eigenvalue weighted by atomic mass is 16.5. The second-order valence-corrected chi connectivity index (χ2v) is 7.94. The lowest BCUT2D eigenvalue weighted by Crippen LogP contribution is -2.35. The molecule has 9 heteroatoms. The Bertz CT molecular complexity index is 1270. The summed E-state index contributed by atoms with van der Waals surface area (Å²) in [6.45, 7) is 6.19. The molecule has 1 amide bonds. The Hall–Kier alpha value is -3.56. The van der Waals surface area contributed by atoms with Gasteiger partial charge >= 0.3 is 0 Å². The van der Waals surface area contributed by atoms with E-state index in [9.17, 15) is 4.79 Å². The van der Waals surface area contributed by atoms with Gasteiger partial charge in [-0.1, -0.05) is 12.1 Å². The number of carbonyl (C=O) groups is 1. The van der Waals surface area contributed by atoms with Gasteiger partial charge in [0.2, 0.25) is 0 Å². The zero-order chi connectivity index (χ0) is 22.1. The van der Waals surface area contributed by atoms with Gasteiger partial charge in [0.05, 0.1) is 25.1 Å². The summed E-state index contributed by atoms with van der Waals surface area (Å²) in [6, 6.07) is 11.5. The number of hydrogen-bond acceptors (Lipinski definition) is 6. The SMILES string of the molecule is Cc1c(-c2ccnc3cc(C(=O)Nc4cccc(CN5CCOCC5)c4)nn23)cnn1C. The Morgan fingerprint density at radius 2 is 2.03 bits per heavy atom. The molecule has 1 aromatic carbocycles. The maximum absolute atomic E-state index is 12.9.